The standard InChI is InChI=1S/C15H17N3O3/c1-10(2)18(8-7-14(19)20)15(21)13-9-16-11-5-3-4-6-12(11)17-13/h3-6,9-10H,7-8H2,1-2H3,(H,19,20). The van der Waals surface area contributed by atoms with Crippen molar-refractivity contribution in [3.8, 4) is 0 Å². The fraction of sp³-hybridized carbons (Fsp3) is 0.333. The van der Waals surface area contributed by atoms with Gasteiger partial charge in [-0.15, -0.1) is 0 Å². The van der Waals surface area contributed by atoms with Crippen LogP contribution in [0.4, 0.5) is 0 Å². The molecule has 1 amide bonds. The Kier molecular flexibility index (Phi) is 4.47. The zero-order valence-corrected chi connectivity index (χ0v) is 12.0. The molecule has 6 heteroatoms. The Morgan fingerprint density at radius 2 is 1.90 bits per heavy atom. The van der Waals surface area contributed by atoms with Gasteiger partial charge in [-0.2, -0.15) is 0 Å². The number of nitrogens with zero attached hydrogens (tertiary/aromatic N) is 3. The van der Waals surface area contributed by atoms with Gasteiger partial charge in [-0.1, -0.05) is 12.1 Å². The van der Waals surface area contributed by atoms with Gasteiger partial charge in [0.25, 0.3) is 5.91 Å². The Balaban J connectivity index is 2.27. The molecular formula is C15H17N3O3. The summed E-state index contributed by atoms with van der Waals surface area (Å²) in [5.74, 6) is -1.23. The quantitative estimate of drug-likeness (QED) is 0.908. The smallest absolute Gasteiger partial charge is 0.305 e. The molecule has 21 heavy (non-hydrogen) atoms. The summed E-state index contributed by atoms with van der Waals surface area (Å²) in [7, 11) is 0. The highest BCUT2D eigenvalue weighted by atomic mass is 16.4. The largest absolute Gasteiger partial charge is 0.481 e. The molecule has 0 saturated heterocycles. The monoisotopic (exact) mass is 287 g/mol. The number of carboxylic acid groups (broad SMARTS) is 1. The lowest BCUT2D eigenvalue weighted by Crippen LogP contribution is -2.39. The number of aromatic nitrogens is 2. The molecule has 0 fully saturated rings. The lowest BCUT2D eigenvalue weighted by Gasteiger charge is -2.25. The van der Waals surface area contributed by atoms with E-state index < -0.39 is 5.97 Å². The van der Waals surface area contributed by atoms with Crippen LogP contribution in [0.2, 0.25) is 0 Å². The maximum Gasteiger partial charge on any atom is 0.305 e. The van der Waals surface area contributed by atoms with Gasteiger partial charge in [-0.25, -0.2) is 4.98 Å². The average molecular weight is 287 g/mol. The van der Waals surface area contributed by atoms with Gasteiger partial charge in [0.1, 0.15) is 5.69 Å². The predicted molar refractivity (Wildman–Crippen MR) is 78.0 cm³/mol. The third kappa shape index (κ3) is 3.53. The van der Waals surface area contributed by atoms with Crippen molar-refractivity contribution >= 4 is 22.9 Å². The van der Waals surface area contributed by atoms with Crippen LogP contribution in [0.25, 0.3) is 11.0 Å². The molecule has 0 saturated carbocycles. The van der Waals surface area contributed by atoms with E-state index in [0.29, 0.717) is 5.52 Å². The summed E-state index contributed by atoms with van der Waals surface area (Å²) in [4.78, 5) is 33.2. The van der Waals surface area contributed by atoms with Crippen LogP contribution in [0.5, 0.6) is 0 Å². The first-order valence-electron chi connectivity index (χ1n) is 6.73. The Hall–Kier alpha value is -2.50. The molecule has 1 aromatic carbocycles. The Bertz CT molecular complexity index is 670. The molecule has 0 aliphatic rings. The number of carboxylic acids is 1. The first-order valence-corrected chi connectivity index (χ1v) is 6.73. The van der Waals surface area contributed by atoms with Crippen LogP contribution in [-0.2, 0) is 4.79 Å². The fourth-order valence-corrected chi connectivity index (χ4v) is 2.02. The maximum atomic E-state index is 12.5. The highest BCUT2D eigenvalue weighted by Gasteiger charge is 2.21. The first-order chi connectivity index (χ1) is 9.99. The molecule has 0 aliphatic carbocycles. The second-order valence-electron chi connectivity index (χ2n) is 4.98. The van der Waals surface area contributed by atoms with E-state index in [0.717, 1.165) is 5.52 Å². The minimum atomic E-state index is -0.932. The number of carbonyl (C=O) groups excluding carboxylic acids is 1. The molecule has 2 aromatic rings. The van der Waals surface area contributed by atoms with Crippen molar-refractivity contribution in [1.29, 1.82) is 0 Å². The van der Waals surface area contributed by atoms with Gasteiger partial charge in [0.15, 0.2) is 0 Å². The number of para-hydroxylation sites is 2. The normalized spacial score (nSPS) is 10.8. The minimum absolute atomic E-state index is 0.0923. The third-order valence-electron chi connectivity index (χ3n) is 3.12. The number of hydrogen-bond donors (Lipinski definition) is 1. The van der Waals surface area contributed by atoms with E-state index in [9.17, 15) is 9.59 Å². The molecule has 0 bridgehead atoms. The number of hydrogen-bond acceptors (Lipinski definition) is 4. The molecule has 1 heterocycles. The predicted octanol–water partition coefficient (Wildman–Crippen LogP) is 1.96. The lowest BCUT2D eigenvalue weighted by molar-refractivity contribution is -0.137. The summed E-state index contributed by atoms with van der Waals surface area (Å²) in [6, 6.07) is 7.18. The maximum absolute atomic E-state index is 12.5. The van der Waals surface area contributed by atoms with E-state index in [-0.39, 0.29) is 30.6 Å². The second-order valence-corrected chi connectivity index (χ2v) is 4.98. The molecule has 110 valence electrons. The lowest BCUT2D eigenvalue weighted by atomic mass is 10.2. The average Bonchev–Trinajstić information content (AvgIpc) is 2.46. The number of amides is 1. The topological polar surface area (TPSA) is 83.4 Å². The van der Waals surface area contributed by atoms with Gasteiger partial charge in [0.2, 0.25) is 0 Å². The second kappa shape index (κ2) is 6.30. The molecule has 0 aliphatic heterocycles. The van der Waals surface area contributed by atoms with Gasteiger partial charge in [0, 0.05) is 12.6 Å². The summed E-state index contributed by atoms with van der Waals surface area (Å²) in [5, 5.41) is 8.77. The fourth-order valence-electron chi connectivity index (χ4n) is 2.02. The highest BCUT2D eigenvalue weighted by Crippen LogP contribution is 2.12. The zero-order valence-electron chi connectivity index (χ0n) is 12.0. The van der Waals surface area contributed by atoms with Gasteiger partial charge in [-0.05, 0) is 26.0 Å². The Morgan fingerprint density at radius 3 is 2.52 bits per heavy atom. The number of rotatable bonds is 5. The van der Waals surface area contributed by atoms with Crippen molar-refractivity contribution in [1.82, 2.24) is 14.9 Å². The molecule has 6 nitrogen and oxygen atoms in total. The summed E-state index contributed by atoms with van der Waals surface area (Å²) >= 11 is 0. The van der Waals surface area contributed by atoms with Crippen molar-refractivity contribution in [3.05, 3.63) is 36.2 Å². The third-order valence-corrected chi connectivity index (χ3v) is 3.12. The Labute approximate surface area is 122 Å². The van der Waals surface area contributed by atoms with Crippen molar-refractivity contribution in [2.75, 3.05) is 6.54 Å². The number of aliphatic carboxylic acids is 1. The summed E-state index contributed by atoms with van der Waals surface area (Å²) in [6.07, 6.45) is 1.34. The van der Waals surface area contributed by atoms with Crippen LogP contribution in [0.15, 0.2) is 30.5 Å². The summed E-state index contributed by atoms with van der Waals surface area (Å²) in [6.45, 7) is 3.84. The number of benzene rings is 1. The van der Waals surface area contributed by atoms with Crippen molar-refractivity contribution < 1.29 is 14.7 Å². The zero-order chi connectivity index (χ0) is 15.4. The van der Waals surface area contributed by atoms with E-state index in [1.54, 1.807) is 6.07 Å². The van der Waals surface area contributed by atoms with Crippen LogP contribution >= 0.6 is 0 Å². The van der Waals surface area contributed by atoms with E-state index in [2.05, 4.69) is 9.97 Å². The van der Waals surface area contributed by atoms with Crippen LogP contribution in [-0.4, -0.2) is 44.4 Å². The van der Waals surface area contributed by atoms with Gasteiger partial charge in [-0.3, -0.25) is 14.6 Å². The molecule has 1 aromatic heterocycles. The van der Waals surface area contributed by atoms with E-state index in [1.807, 2.05) is 32.0 Å². The number of carbonyl (C=O) groups is 2. The van der Waals surface area contributed by atoms with Crippen molar-refractivity contribution in [2.24, 2.45) is 0 Å². The summed E-state index contributed by atoms with van der Waals surface area (Å²) in [5.41, 5.74) is 1.59. The summed E-state index contributed by atoms with van der Waals surface area (Å²) < 4.78 is 0. The number of fused-ring (bicyclic) bond motifs is 1. The molecule has 0 radical (unpaired) electrons. The van der Waals surface area contributed by atoms with Gasteiger partial charge in [0.05, 0.1) is 23.7 Å². The van der Waals surface area contributed by atoms with E-state index in [1.165, 1.54) is 11.1 Å². The van der Waals surface area contributed by atoms with Crippen LogP contribution in [0.1, 0.15) is 30.8 Å². The van der Waals surface area contributed by atoms with E-state index >= 15 is 0 Å². The minimum Gasteiger partial charge on any atom is -0.481 e. The molecule has 0 spiro atoms. The van der Waals surface area contributed by atoms with Crippen LogP contribution < -0.4 is 0 Å². The highest BCUT2D eigenvalue weighted by molar-refractivity contribution is 5.94. The molecular weight excluding hydrogens is 270 g/mol. The van der Waals surface area contributed by atoms with E-state index in [4.69, 9.17) is 5.11 Å². The van der Waals surface area contributed by atoms with Crippen molar-refractivity contribution in [2.45, 2.75) is 26.3 Å². The molecule has 1 N–H and O–H groups in total. The van der Waals surface area contributed by atoms with Crippen LogP contribution in [0.3, 0.4) is 0 Å². The van der Waals surface area contributed by atoms with Gasteiger partial charge < -0.3 is 10.0 Å². The molecule has 0 atom stereocenters. The molecule has 0 unspecified atom stereocenters. The van der Waals surface area contributed by atoms with Crippen molar-refractivity contribution in [3.63, 3.8) is 0 Å². The Morgan fingerprint density at radius 1 is 1.24 bits per heavy atom. The van der Waals surface area contributed by atoms with Crippen LogP contribution in [0, 0.1) is 0 Å². The van der Waals surface area contributed by atoms with Gasteiger partial charge >= 0.3 is 5.97 Å². The SMILES string of the molecule is CC(C)N(CCC(=O)O)C(=O)c1cnc2ccccc2n1. The first kappa shape index (κ1) is 14.9. The molecule has 2 rings (SSSR count).